The van der Waals surface area contributed by atoms with Crippen molar-refractivity contribution in [1.82, 2.24) is 4.98 Å². The van der Waals surface area contributed by atoms with Crippen LogP contribution in [0, 0.1) is 17.8 Å². The maximum Gasteiger partial charge on any atom is 0.344 e. The van der Waals surface area contributed by atoms with Crippen molar-refractivity contribution in [2.45, 2.75) is 59.0 Å². The predicted octanol–water partition coefficient (Wildman–Crippen LogP) is 4.78. The van der Waals surface area contributed by atoms with Crippen molar-refractivity contribution in [2.24, 2.45) is 17.8 Å². The summed E-state index contributed by atoms with van der Waals surface area (Å²) in [5, 5.41) is 0.900. The second-order valence-corrected chi connectivity index (χ2v) is 9.21. The highest BCUT2D eigenvalue weighted by molar-refractivity contribution is 7.18. The van der Waals surface area contributed by atoms with Crippen molar-refractivity contribution in [3.05, 3.63) is 29.3 Å². The van der Waals surface area contributed by atoms with E-state index in [1.165, 1.54) is 6.42 Å². The Balaban J connectivity index is 1.42. The second-order valence-electron chi connectivity index (χ2n) is 8.09. The van der Waals surface area contributed by atoms with E-state index in [0.717, 1.165) is 28.1 Å². The van der Waals surface area contributed by atoms with E-state index in [4.69, 9.17) is 9.47 Å². The number of nitrogens with zero attached hydrogens (tertiary/aromatic N) is 1. The van der Waals surface area contributed by atoms with Crippen LogP contribution < -0.4 is 0 Å². The molecule has 0 aliphatic heterocycles. The van der Waals surface area contributed by atoms with Gasteiger partial charge in [-0.25, -0.2) is 9.78 Å². The molecule has 0 bridgehead atoms. The summed E-state index contributed by atoms with van der Waals surface area (Å²) in [6, 6.07) is 7.89. The molecule has 28 heavy (non-hydrogen) atoms. The monoisotopic (exact) mass is 403 g/mol. The second kappa shape index (κ2) is 9.50. The van der Waals surface area contributed by atoms with Crippen LogP contribution in [0.2, 0.25) is 0 Å². The van der Waals surface area contributed by atoms with E-state index in [-0.39, 0.29) is 19.1 Å². The molecule has 6 heteroatoms. The van der Waals surface area contributed by atoms with Crippen molar-refractivity contribution in [2.75, 3.05) is 6.61 Å². The molecule has 0 amide bonds. The first-order chi connectivity index (χ1) is 13.4. The van der Waals surface area contributed by atoms with Gasteiger partial charge >= 0.3 is 11.9 Å². The van der Waals surface area contributed by atoms with E-state index in [9.17, 15) is 9.59 Å². The molecular formula is C22H29NO4S. The number of aromatic nitrogens is 1. The third-order valence-electron chi connectivity index (χ3n) is 5.48. The maximum atomic E-state index is 12.2. The lowest BCUT2D eigenvalue weighted by atomic mass is 9.75. The van der Waals surface area contributed by atoms with Crippen molar-refractivity contribution < 1.29 is 19.1 Å². The predicted molar refractivity (Wildman–Crippen MR) is 110 cm³/mol. The van der Waals surface area contributed by atoms with E-state index in [1.54, 1.807) is 11.3 Å². The van der Waals surface area contributed by atoms with Gasteiger partial charge < -0.3 is 9.47 Å². The SMILES string of the molecule is CC(C)[C@H]1CC[C@@H](C)C[C@@H]1OC(=O)COC(=O)CCc1nc2ccccc2s1. The molecule has 3 rings (SSSR count). The smallest absolute Gasteiger partial charge is 0.344 e. The number of hydrogen-bond acceptors (Lipinski definition) is 6. The zero-order chi connectivity index (χ0) is 20.1. The summed E-state index contributed by atoms with van der Waals surface area (Å²) in [4.78, 5) is 28.7. The summed E-state index contributed by atoms with van der Waals surface area (Å²) in [6.45, 7) is 6.22. The molecule has 1 aromatic heterocycles. The zero-order valence-corrected chi connectivity index (χ0v) is 17.7. The van der Waals surface area contributed by atoms with E-state index >= 15 is 0 Å². The largest absolute Gasteiger partial charge is 0.460 e. The van der Waals surface area contributed by atoms with E-state index in [1.807, 2.05) is 24.3 Å². The number of benzene rings is 1. The Morgan fingerprint density at radius 3 is 2.75 bits per heavy atom. The maximum absolute atomic E-state index is 12.2. The van der Waals surface area contributed by atoms with Gasteiger partial charge in [-0.3, -0.25) is 4.79 Å². The number of aryl methyl sites for hydroxylation is 1. The van der Waals surface area contributed by atoms with E-state index in [0.29, 0.717) is 24.2 Å². The lowest BCUT2D eigenvalue weighted by Crippen LogP contribution is -2.36. The van der Waals surface area contributed by atoms with Crippen LogP contribution in [-0.2, 0) is 25.5 Å². The Labute approximate surface area is 170 Å². The van der Waals surface area contributed by atoms with Crippen LogP contribution in [0.15, 0.2) is 24.3 Å². The number of hydrogen-bond donors (Lipinski definition) is 0. The third kappa shape index (κ3) is 5.53. The van der Waals surface area contributed by atoms with Crippen LogP contribution in [-0.4, -0.2) is 29.6 Å². The molecule has 1 fully saturated rings. The normalized spacial score (nSPS) is 22.4. The Morgan fingerprint density at radius 1 is 1.21 bits per heavy atom. The third-order valence-corrected chi connectivity index (χ3v) is 6.57. The van der Waals surface area contributed by atoms with Gasteiger partial charge in [-0.15, -0.1) is 11.3 Å². The number of thiazole rings is 1. The molecule has 2 aromatic rings. The van der Waals surface area contributed by atoms with Gasteiger partial charge in [0.25, 0.3) is 0 Å². The number of para-hydroxylation sites is 1. The first kappa shape index (κ1) is 20.8. The fourth-order valence-corrected chi connectivity index (χ4v) is 4.87. The fraction of sp³-hybridized carbons (Fsp3) is 0.591. The minimum atomic E-state index is -0.446. The molecule has 0 unspecified atom stereocenters. The van der Waals surface area contributed by atoms with Crippen molar-refractivity contribution >= 4 is 33.5 Å². The van der Waals surface area contributed by atoms with Crippen LogP contribution in [0.1, 0.15) is 51.5 Å². The highest BCUT2D eigenvalue weighted by atomic mass is 32.1. The van der Waals surface area contributed by atoms with Gasteiger partial charge in [0.15, 0.2) is 6.61 Å². The van der Waals surface area contributed by atoms with Gasteiger partial charge in [0.05, 0.1) is 21.6 Å². The lowest BCUT2D eigenvalue weighted by molar-refractivity contribution is -0.167. The minimum absolute atomic E-state index is 0.0716. The standard InChI is InChI=1S/C22H29NO4S/c1-14(2)16-9-8-15(3)12-18(16)27-22(25)13-26-21(24)11-10-20-23-17-6-4-5-7-19(17)28-20/h4-7,14-16,18H,8-13H2,1-3H3/t15-,16-,18+/m1/s1. The summed E-state index contributed by atoms with van der Waals surface area (Å²) >= 11 is 1.58. The van der Waals surface area contributed by atoms with Gasteiger partial charge in [0, 0.05) is 6.42 Å². The molecule has 0 spiro atoms. The number of carbonyl (C=O) groups excluding carboxylic acids is 2. The highest BCUT2D eigenvalue weighted by Gasteiger charge is 2.33. The molecule has 1 heterocycles. The van der Waals surface area contributed by atoms with Crippen LogP contribution in [0.4, 0.5) is 0 Å². The number of esters is 2. The summed E-state index contributed by atoms with van der Waals surface area (Å²) in [5.74, 6) is 0.576. The fourth-order valence-electron chi connectivity index (χ4n) is 3.90. The number of rotatable bonds is 7. The topological polar surface area (TPSA) is 65.5 Å². The van der Waals surface area contributed by atoms with Crippen LogP contribution in [0.3, 0.4) is 0 Å². The first-order valence-electron chi connectivity index (χ1n) is 10.1. The Bertz CT molecular complexity index is 783. The van der Waals surface area contributed by atoms with E-state index < -0.39 is 11.9 Å². The summed E-state index contributed by atoms with van der Waals surface area (Å²) in [6.07, 6.45) is 3.80. The van der Waals surface area contributed by atoms with Gasteiger partial charge in [-0.05, 0) is 42.7 Å². The van der Waals surface area contributed by atoms with Crippen LogP contribution in [0.25, 0.3) is 10.2 Å². The molecule has 3 atom stereocenters. The Morgan fingerprint density at radius 2 is 2.00 bits per heavy atom. The molecule has 0 saturated heterocycles. The van der Waals surface area contributed by atoms with Gasteiger partial charge in [-0.2, -0.15) is 0 Å². The van der Waals surface area contributed by atoms with Crippen molar-refractivity contribution in [3.8, 4) is 0 Å². The molecule has 1 saturated carbocycles. The first-order valence-corrected chi connectivity index (χ1v) is 10.9. The average Bonchev–Trinajstić information content (AvgIpc) is 3.07. The molecule has 1 aliphatic rings. The molecule has 0 N–H and O–H groups in total. The van der Waals surface area contributed by atoms with Gasteiger partial charge in [-0.1, -0.05) is 39.3 Å². The minimum Gasteiger partial charge on any atom is -0.460 e. The summed E-state index contributed by atoms with van der Waals surface area (Å²) in [5.41, 5.74) is 0.945. The summed E-state index contributed by atoms with van der Waals surface area (Å²) < 4.78 is 11.9. The quantitative estimate of drug-likeness (QED) is 0.623. The molecular weight excluding hydrogens is 374 g/mol. The molecule has 1 aromatic carbocycles. The highest BCUT2D eigenvalue weighted by Crippen LogP contribution is 2.35. The molecule has 152 valence electrons. The van der Waals surface area contributed by atoms with Crippen LogP contribution >= 0.6 is 11.3 Å². The number of ether oxygens (including phenoxy) is 2. The Hall–Kier alpha value is -1.95. The molecule has 5 nitrogen and oxygen atoms in total. The number of carbonyl (C=O) groups is 2. The lowest BCUT2D eigenvalue weighted by Gasteiger charge is -2.36. The summed E-state index contributed by atoms with van der Waals surface area (Å²) in [7, 11) is 0. The average molecular weight is 404 g/mol. The molecule has 0 radical (unpaired) electrons. The zero-order valence-electron chi connectivity index (χ0n) is 16.8. The van der Waals surface area contributed by atoms with Gasteiger partial charge in [0.2, 0.25) is 0 Å². The van der Waals surface area contributed by atoms with Crippen molar-refractivity contribution in [3.63, 3.8) is 0 Å². The van der Waals surface area contributed by atoms with Gasteiger partial charge in [0.1, 0.15) is 6.10 Å². The Kier molecular flexibility index (Phi) is 7.05. The molecule has 1 aliphatic carbocycles. The van der Waals surface area contributed by atoms with E-state index in [2.05, 4.69) is 25.8 Å². The van der Waals surface area contributed by atoms with Crippen molar-refractivity contribution in [1.29, 1.82) is 0 Å². The number of fused-ring (bicyclic) bond motifs is 1. The van der Waals surface area contributed by atoms with Crippen LogP contribution in [0.5, 0.6) is 0 Å².